The van der Waals surface area contributed by atoms with Gasteiger partial charge in [0.15, 0.2) is 0 Å². The van der Waals surface area contributed by atoms with Gasteiger partial charge in [-0.25, -0.2) is 0 Å². The summed E-state index contributed by atoms with van der Waals surface area (Å²) in [5.41, 5.74) is -0.835. The van der Waals surface area contributed by atoms with Crippen LogP contribution in [-0.2, 0) is 4.79 Å². The number of nitrogens with zero attached hydrogens (tertiary/aromatic N) is 1. The molecule has 1 atom stereocenters. The van der Waals surface area contributed by atoms with E-state index >= 15 is 0 Å². The molecule has 2 N–H and O–H groups in total. The molecule has 0 saturated heterocycles. The van der Waals surface area contributed by atoms with Crippen LogP contribution in [0.1, 0.15) is 46.0 Å². The summed E-state index contributed by atoms with van der Waals surface area (Å²) in [5, 5.41) is 12.4. The molecule has 0 aromatic heterocycles. The molecule has 0 aromatic rings. The zero-order valence-corrected chi connectivity index (χ0v) is 12.0. The highest BCUT2D eigenvalue weighted by Gasteiger charge is 2.33. The third-order valence-electron chi connectivity index (χ3n) is 3.92. The normalized spacial score (nSPS) is 20.9. The largest absolute Gasteiger partial charge is 0.480 e. The van der Waals surface area contributed by atoms with Gasteiger partial charge in [-0.3, -0.25) is 4.79 Å². The van der Waals surface area contributed by atoms with Gasteiger partial charge in [-0.15, -0.1) is 0 Å². The molecule has 4 nitrogen and oxygen atoms in total. The lowest BCUT2D eigenvalue weighted by Crippen LogP contribution is -2.56. The van der Waals surface area contributed by atoms with Crippen LogP contribution >= 0.6 is 0 Å². The van der Waals surface area contributed by atoms with E-state index in [9.17, 15) is 9.90 Å². The van der Waals surface area contributed by atoms with Gasteiger partial charge < -0.3 is 15.3 Å². The van der Waals surface area contributed by atoms with E-state index in [0.29, 0.717) is 13.1 Å². The standard InChI is InChI=1S/C14H28N2O2/c1-4-15-14(2,13(17)18)11-16(3)10-12-8-6-5-7-9-12/h12,15H,4-11H2,1-3H3,(H,17,18). The topological polar surface area (TPSA) is 52.6 Å². The molecule has 1 aliphatic carbocycles. The fraction of sp³-hybridized carbons (Fsp3) is 0.929. The van der Waals surface area contributed by atoms with Crippen molar-refractivity contribution < 1.29 is 9.90 Å². The number of nitrogens with one attached hydrogen (secondary N) is 1. The van der Waals surface area contributed by atoms with E-state index in [1.165, 1.54) is 32.1 Å². The van der Waals surface area contributed by atoms with Gasteiger partial charge in [-0.1, -0.05) is 26.2 Å². The first-order valence-corrected chi connectivity index (χ1v) is 7.15. The predicted molar refractivity (Wildman–Crippen MR) is 73.8 cm³/mol. The van der Waals surface area contributed by atoms with Crippen LogP contribution in [0.15, 0.2) is 0 Å². The molecule has 4 heteroatoms. The van der Waals surface area contributed by atoms with Crippen LogP contribution in [0.5, 0.6) is 0 Å². The van der Waals surface area contributed by atoms with Gasteiger partial charge in [0, 0.05) is 13.1 Å². The number of aliphatic carboxylic acids is 1. The summed E-state index contributed by atoms with van der Waals surface area (Å²) in [6.07, 6.45) is 6.64. The summed E-state index contributed by atoms with van der Waals surface area (Å²) >= 11 is 0. The molecule has 0 spiro atoms. The van der Waals surface area contributed by atoms with Crippen LogP contribution in [0, 0.1) is 5.92 Å². The zero-order valence-electron chi connectivity index (χ0n) is 12.0. The van der Waals surface area contributed by atoms with Gasteiger partial charge in [0.2, 0.25) is 0 Å². The van der Waals surface area contributed by atoms with E-state index in [1.54, 1.807) is 6.92 Å². The minimum Gasteiger partial charge on any atom is -0.480 e. The van der Waals surface area contributed by atoms with E-state index in [0.717, 1.165) is 12.5 Å². The summed E-state index contributed by atoms with van der Waals surface area (Å²) < 4.78 is 0. The third-order valence-corrected chi connectivity index (χ3v) is 3.92. The molecule has 1 unspecified atom stereocenters. The average Bonchev–Trinajstić information content (AvgIpc) is 2.30. The number of hydrogen-bond donors (Lipinski definition) is 2. The third kappa shape index (κ3) is 4.58. The van der Waals surface area contributed by atoms with E-state index in [2.05, 4.69) is 10.2 Å². The van der Waals surface area contributed by atoms with Gasteiger partial charge in [0.1, 0.15) is 5.54 Å². The Bertz CT molecular complexity index is 265. The van der Waals surface area contributed by atoms with Gasteiger partial charge >= 0.3 is 5.97 Å². The van der Waals surface area contributed by atoms with Crippen LogP contribution in [0.2, 0.25) is 0 Å². The van der Waals surface area contributed by atoms with E-state index in [1.807, 2.05) is 14.0 Å². The number of likely N-dealkylation sites (N-methyl/N-ethyl adjacent to an activating group) is 2. The maximum Gasteiger partial charge on any atom is 0.324 e. The summed E-state index contributed by atoms with van der Waals surface area (Å²) in [6.45, 7) is 5.99. The van der Waals surface area contributed by atoms with Crippen molar-refractivity contribution in [3.63, 3.8) is 0 Å². The lowest BCUT2D eigenvalue weighted by molar-refractivity contribution is -0.145. The van der Waals surface area contributed by atoms with Crippen molar-refractivity contribution >= 4 is 5.97 Å². The van der Waals surface area contributed by atoms with Crippen molar-refractivity contribution in [3.05, 3.63) is 0 Å². The molecule has 1 fully saturated rings. The molecular formula is C14H28N2O2. The average molecular weight is 256 g/mol. The Morgan fingerprint density at radius 1 is 1.39 bits per heavy atom. The molecule has 18 heavy (non-hydrogen) atoms. The molecule has 0 aliphatic heterocycles. The number of carboxylic acids is 1. The van der Waals surface area contributed by atoms with Gasteiger partial charge in [0.05, 0.1) is 0 Å². The zero-order chi connectivity index (χ0) is 13.6. The van der Waals surface area contributed by atoms with Gasteiger partial charge in [0.25, 0.3) is 0 Å². The van der Waals surface area contributed by atoms with E-state index in [-0.39, 0.29) is 0 Å². The van der Waals surface area contributed by atoms with Crippen molar-refractivity contribution in [1.82, 2.24) is 10.2 Å². The van der Waals surface area contributed by atoms with Crippen LogP contribution in [0.3, 0.4) is 0 Å². The molecule has 1 aliphatic rings. The second-order valence-electron chi connectivity index (χ2n) is 5.87. The van der Waals surface area contributed by atoms with Crippen molar-refractivity contribution in [2.75, 3.05) is 26.7 Å². The Kier molecular flexibility index (Phi) is 6.09. The number of rotatable bonds is 7. The Labute approximate surface area is 111 Å². The lowest BCUT2D eigenvalue weighted by atomic mass is 9.88. The minimum absolute atomic E-state index is 0.562. The quantitative estimate of drug-likeness (QED) is 0.731. The summed E-state index contributed by atoms with van der Waals surface area (Å²) in [5.74, 6) is -0.0109. The highest BCUT2D eigenvalue weighted by molar-refractivity contribution is 5.78. The van der Waals surface area contributed by atoms with Crippen LogP contribution in [0.25, 0.3) is 0 Å². The van der Waals surface area contributed by atoms with Crippen LogP contribution in [0.4, 0.5) is 0 Å². The molecule has 0 heterocycles. The SMILES string of the molecule is CCNC(C)(CN(C)CC1CCCCC1)C(=O)O. The van der Waals surface area contributed by atoms with Crippen LogP contribution < -0.4 is 5.32 Å². The van der Waals surface area contributed by atoms with E-state index < -0.39 is 11.5 Å². The smallest absolute Gasteiger partial charge is 0.324 e. The maximum absolute atomic E-state index is 11.3. The number of carboxylic acid groups (broad SMARTS) is 1. The highest BCUT2D eigenvalue weighted by atomic mass is 16.4. The highest BCUT2D eigenvalue weighted by Crippen LogP contribution is 2.24. The first-order chi connectivity index (χ1) is 8.48. The van der Waals surface area contributed by atoms with E-state index in [4.69, 9.17) is 0 Å². The fourth-order valence-corrected chi connectivity index (χ4v) is 3.00. The Morgan fingerprint density at radius 3 is 2.50 bits per heavy atom. The summed E-state index contributed by atoms with van der Waals surface area (Å²) in [7, 11) is 2.03. The lowest BCUT2D eigenvalue weighted by Gasteiger charge is -2.33. The summed E-state index contributed by atoms with van der Waals surface area (Å²) in [4.78, 5) is 13.5. The fourth-order valence-electron chi connectivity index (χ4n) is 3.00. The molecule has 0 bridgehead atoms. The Balaban J connectivity index is 2.45. The molecule has 1 rings (SSSR count). The molecule has 1 saturated carbocycles. The monoisotopic (exact) mass is 256 g/mol. The van der Waals surface area contributed by atoms with Crippen molar-refractivity contribution in [2.45, 2.75) is 51.5 Å². The van der Waals surface area contributed by atoms with Crippen molar-refractivity contribution in [2.24, 2.45) is 5.92 Å². The molecular weight excluding hydrogens is 228 g/mol. The minimum atomic E-state index is -0.835. The molecule has 0 radical (unpaired) electrons. The first kappa shape index (κ1) is 15.4. The number of hydrogen-bond acceptors (Lipinski definition) is 3. The predicted octanol–water partition coefficient (Wildman–Crippen LogP) is 1.95. The first-order valence-electron chi connectivity index (χ1n) is 7.15. The van der Waals surface area contributed by atoms with Crippen molar-refractivity contribution in [3.8, 4) is 0 Å². The van der Waals surface area contributed by atoms with Gasteiger partial charge in [-0.2, -0.15) is 0 Å². The second-order valence-corrected chi connectivity index (χ2v) is 5.87. The Hall–Kier alpha value is -0.610. The summed E-state index contributed by atoms with van der Waals surface area (Å²) in [6, 6.07) is 0. The molecule has 0 amide bonds. The van der Waals surface area contributed by atoms with Crippen molar-refractivity contribution in [1.29, 1.82) is 0 Å². The molecule has 106 valence electrons. The molecule has 0 aromatic carbocycles. The Morgan fingerprint density at radius 2 is 2.00 bits per heavy atom. The number of carbonyl (C=O) groups is 1. The van der Waals surface area contributed by atoms with Gasteiger partial charge in [-0.05, 0) is 39.3 Å². The maximum atomic E-state index is 11.3. The van der Waals surface area contributed by atoms with Crippen LogP contribution in [-0.4, -0.2) is 48.2 Å². The second kappa shape index (κ2) is 7.10.